The summed E-state index contributed by atoms with van der Waals surface area (Å²) in [7, 11) is 5.79. The number of anilines is 1. The Morgan fingerprint density at radius 3 is 2.53 bits per heavy atom. The summed E-state index contributed by atoms with van der Waals surface area (Å²) in [5.74, 6) is -0.0980. The molecule has 1 heterocycles. The largest absolute Gasteiger partial charge is 0.397 e. The number of hydrogen-bond acceptors (Lipinski definition) is 3. The number of likely N-dealkylation sites (N-methyl/N-ethyl adjacent to an activating group) is 1. The number of amides is 1. The Balaban J connectivity index is 2.65. The molecule has 0 aliphatic heterocycles. The second-order valence-electron chi connectivity index (χ2n) is 5.16. The van der Waals surface area contributed by atoms with Crippen LogP contribution in [0.3, 0.4) is 0 Å². The minimum Gasteiger partial charge on any atom is -0.397 e. The van der Waals surface area contributed by atoms with Gasteiger partial charge in [-0.15, -0.1) is 0 Å². The molecule has 1 aromatic rings. The van der Waals surface area contributed by atoms with Crippen LogP contribution in [0, 0.1) is 0 Å². The van der Waals surface area contributed by atoms with Gasteiger partial charge in [-0.05, 0) is 34.0 Å². The van der Waals surface area contributed by atoms with E-state index in [1.54, 1.807) is 16.8 Å². The van der Waals surface area contributed by atoms with Gasteiger partial charge >= 0.3 is 0 Å². The van der Waals surface area contributed by atoms with Gasteiger partial charge in [0.1, 0.15) is 5.69 Å². The number of nitrogens with one attached hydrogen (secondary N) is 1. The number of nitrogens with two attached hydrogens (primary N) is 1. The molecule has 0 bridgehead atoms. The molecule has 0 fully saturated rings. The van der Waals surface area contributed by atoms with Gasteiger partial charge in [-0.1, -0.05) is 0 Å². The lowest BCUT2D eigenvalue weighted by Gasteiger charge is -2.32. The lowest BCUT2D eigenvalue weighted by molar-refractivity contribution is 0.0911. The average molecular weight is 238 g/mol. The third-order valence-electron chi connectivity index (χ3n) is 3.15. The van der Waals surface area contributed by atoms with Crippen LogP contribution in [0.25, 0.3) is 0 Å². The number of aryl methyl sites for hydroxylation is 1. The lowest BCUT2D eigenvalue weighted by atomic mass is 10.0. The summed E-state index contributed by atoms with van der Waals surface area (Å²) < 4.78 is 1.73. The first-order valence-electron chi connectivity index (χ1n) is 5.61. The number of carbonyl (C=O) groups is 1. The predicted molar refractivity (Wildman–Crippen MR) is 69.9 cm³/mol. The topological polar surface area (TPSA) is 63.3 Å². The van der Waals surface area contributed by atoms with Crippen molar-refractivity contribution in [2.45, 2.75) is 19.4 Å². The summed E-state index contributed by atoms with van der Waals surface area (Å²) in [5.41, 5.74) is 6.74. The molecule has 0 saturated carbocycles. The second kappa shape index (κ2) is 4.79. The summed E-state index contributed by atoms with van der Waals surface area (Å²) in [6.45, 7) is 4.74. The number of nitrogens with zero attached hydrogens (tertiary/aromatic N) is 2. The van der Waals surface area contributed by atoms with Crippen molar-refractivity contribution < 1.29 is 4.79 Å². The van der Waals surface area contributed by atoms with Gasteiger partial charge in [0.05, 0.1) is 5.69 Å². The zero-order valence-corrected chi connectivity index (χ0v) is 11.2. The third kappa shape index (κ3) is 3.23. The SMILES string of the molecule is CN(C)C(C)(C)CNC(=O)c1cc(N)cn1C. The van der Waals surface area contributed by atoms with Crippen LogP contribution in [0.1, 0.15) is 24.3 Å². The Labute approximate surface area is 103 Å². The van der Waals surface area contributed by atoms with Gasteiger partial charge in [0, 0.05) is 25.3 Å². The Kier molecular flexibility index (Phi) is 3.83. The number of hydrogen-bond donors (Lipinski definition) is 2. The molecule has 0 unspecified atom stereocenters. The van der Waals surface area contributed by atoms with Crippen LogP contribution in [-0.2, 0) is 7.05 Å². The van der Waals surface area contributed by atoms with Gasteiger partial charge < -0.3 is 20.5 Å². The molecule has 0 aliphatic carbocycles. The van der Waals surface area contributed by atoms with E-state index in [-0.39, 0.29) is 11.4 Å². The van der Waals surface area contributed by atoms with E-state index in [1.165, 1.54) is 0 Å². The zero-order chi connectivity index (χ0) is 13.2. The molecule has 5 nitrogen and oxygen atoms in total. The predicted octanol–water partition coefficient (Wildman–Crippen LogP) is 0.677. The quantitative estimate of drug-likeness (QED) is 0.810. The summed E-state index contributed by atoms with van der Waals surface area (Å²) >= 11 is 0. The van der Waals surface area contributed by atoms with Gasteiger partial charge in [0.15, 0.2) is 0 Å². The van der Waals surface area contributed by atoms with E-state index < -0.39 is 0 Å². The zero-order valence-electron chi connectivity index (χ0n) is 11.2. The molecule has 1 aromatic heterocycles. The van der Waals surface area contributed by atoms with E-state index >= 15 is 0 Å². The molecule has 1 rings (SSSR count). The molecule has 0 radical (unpaired) electrons. The molecule has 96 valence electrons. The number of aromatic nitrogens is 1. The standard InChI is InChI=1S/C12H22N4O/c1-12(2,15(3)4)8-14-11(17)10-6-9(13)7-16(10)5/h6-7H,8,13H2,1-5H3,(H,14,17). The van der Waals surface area contributed by atoms with Gasteiger partial charge in [-0.2, -0.15) is 0 Å². The lowest BCUT2D eigenvalue weighted by Crippen LogP contribution is -2.48. The minimum atomic E-state index is -0.0980. The minimum absolute atomic E-state index is 0.0770. The van der Waals surface area contributed by atoms with Crippen molar-refractivity contribution in [1.29, 1.82) is 0 Å². The maximum atomic E-state index is 11.9. The maximum Gasteiger partial charge on any atom is 0.268 e. The van der Waals surface area contributed by atoms with Crippen LogP contribution < -0.4 is 11.1 Å². The number of carbonyl (C=O) groups excluding carboxylic acids is 1. The highest BCUT2D eigenvalue weighted by Gasteiger charge is 2.22. The molecule has 0 aliphatic rings. The molecule has 0 spiro atoms. The van der Waals surface area contributed by atoms with Gasteiger partial charge in [-0.3, -0.25) is 4.79 Å². The molecule has 5 heteroatoms. The average Bonchev–Trinajstić information content (AvgIpc) is 2.54. The fourth-order valence-corrected chi connectivity index (χ4v) is 1.36. The summed E-state index contributed by atoms with van der Waals surface area (Å²) in [4.78, 5) is 14.0. The Bertz CT molecular complexity index is 407. The Morgan fingerprint density at radius 2 is 2.12 bits per heavy atom. The van der Waals surface area contributed by atoms with E-state index in [0.717, 1.165) is 0 Å². The van der Waals surface area contributed by atoms with Crippen molar-refractivity contribution in [2.24, 2.45) is 7.05 Å². The van der Waals surface area contributed by atoms with E-state index in [0.29, 0.717) is 17.9 Å². The number of rotatable bonds is 4. The first-order valence-corrected chi connectivity index (χ1v) is 5.61. The van der Waals surface area contributed by atoms with Gasteiger partial charge in [-0.25, -0.2) is 0 Å². The van der Waals surface area contributed by atoms with E-state index in [2.05, 4.69) is 24.1 Å². The maximum absolute atomic E-state index is 11.9. The number of nitrogen functional groups attached to an aromatic ring is 1. The van der Waals surface area contributed by atoms with Crippen LogP contribution in [0.2, 0.25) is 0 Å². The molecular weight excluding hydrogens is 216 g/mol. The van der Waals surface area contributed by atoms with Crippen molar-refractivity contribution in [3.8, 4) is 0 Å². The smallest absolute Gasteiger partial charge is 0.268 e. The first-order chi connectivity index (χ1) is 7.74. The Morgan fingerprint density at radius 1 is 1.53 bits per heavy atom. The van der Waals surface area contributed by atoms with Gasteiger partial charge in [0.25, 0.3) is 5.91 Å². The van der Waals surface area contributed by atoms with Crippen molar-refractivity contribution in [3.63, 3.8) is 0 Å². The highest BCUT2D eigenvalue weighted by Crippen LogP contribution is 2.11. The molecule has 0 atom stereocenters. The van der Waals surface area contributed by atoms with Gasteiger partial charge in [0.2, 0.25) is 0 Å². The summed E-state index contributed by atoms with van der Waals surface area (Å²) in [5, 5.41) is 2.92. The fraction of sp³-hybridized carbons (Fsp3) is 0.583. The van der Waals surface area contributed by atoms with Crippen molar-refractivity contribution in [2.75, 3.05) is 26.4 Å². The summed E-state index contributed by atoms with van der Waals surface area (Å²) in [6.07, 6.45) is 1.73. The van der Waals surface area contributed by atoms with Crippen molar-refractivity contribution >= 4 is 11.6 Å². The highest BCUT2D eigenvalue weighted by atomic mass is 16.1. The van der Waals surface area contributed by atoms with Crippen LogP contribution in [0.15, 0.2) is 12.3 Å². The molecule has 3 N–H and O–H groups in total. The van der Waals surface area contributed by atoms with Crippen LogP contribution in [0.4, 0.5) is 5.69 Å². The third-order valence-corrected chi connectivity index (χ3v) is 3.15. The van der Waals surface area contributed by atoms with Crippen molar-refractivity contribution in [1.82, 2.24) is 14.8 Å². The van der Waals surface area contributed by atoms with E-state index in [9.17, 15) is 4.79 Å². The van der Waals surface area contributed by atoms with Crippen LogP contribution in [0.5, 0.6) is 0 Å². The van der Waals surface area contributed by atoms with Crippen LogP contribution >= 0.6 is 0 Å². The first kappa shape index (κ1) is 13.6. The monoisotopic (exact) mass is 238 g/mol. The molecule has 1 amide bonds. The molecule has 0 saturated heterocycles. The van der Waals surface area contributed by atoms with Crippen LogP contribution in [-0.4, -0.2) is 41.6 Å². The highest BCUT2D eigenvalue weighted by molar-refractivity contribution is 5.93. The van der Waals surface area contributed by atoms with Crippen molar-refractivity contribution in [3.05, 3.63) is 18.0 Å². The fourth-order valence-electron chi connectivity index (χ4n) is 1.36. The molecular formula is C12H22N4O. The summed E-state index contributed by atoms with van der Waals surface area (Å²) in [6, 6.07) is 1.68. The second-order valence-corrected chi connectivity index (χ2v) is 5.16. The normalized spacial score (nSPS) is 11.9. The molecule has 0 aromatic carbocycles. The molecule has 17 heavy (non-hydrogen) atoms. The van der Waals surface area contributed by atoms with E-state index in [1.807, 2.05) is 21.1 Å². The Hall–Kier alpha value is -1.49. The van der Waals surface area contributed by atoms with E-state index in [4.69, 9.17) is 5.73 Å².